The van der Waals surface area contributed by atoms with Gasteiger partial charge in [0, 0.05) is 10.5 Å². The molecule has 0 radical (unpaired) electrons. The van der Waals surface area contributed by atoms with Gasteiger partial charge in [-0.25, -0.2) is 0 Å². The third-order valence-electron chi connectivity index (χ3n) is 5.03. The molecule has 2 heteroatoms. The average Bonchev–Trinajstić information content (AvgIpc) is 2.98. The van der Waals surface area contributed by atoms with Crippen LogP contribution < -0.4 is 5.32 Å². The molecule has 1 nitrogen and oxygen atoms in total. The van der Waals surface area contributed by atoms with Gasteiger partial charge in [0.2, 0.25) is 0 Å². The molecule has 0 saturated heterocycles. The van der Waals surface area contributed by atoms with Gasteiger partial charge < -0.3 is 5.32 Å². The van der Waals surface area contributed by atoms with Crippen LogP contribution in [0.25, 0.3) is 0 Å². The lowest BCUT2D eigenvalue weighted by Crippen LogP contribution is -2.38. The van der Waals surface area contributed by atoms with Gasteiger partial charge in [-0.2, -0.15) is 0 Å². The molecular formula is C16H22BrN. The molecular weight excluding hydrogens is 286 g/mol. The summed E-state index contributed by atoms with van der Waals surface area (Å²) in [5.41, 5.74) is 1.45. The molecule has 2 aliphatic rings. The maximum Gasteiger partial charge on any atom is 0.0178 e. The minimum absolute atomic E-state index is 0.662. The first-order valence-corrected chi connectivity index (χ1v) is 7.97. The number of benzene rings is 1. The molecule has 2 fully saturated rings. The third-order valence-corrected chi connectivity index (χ3v) is 5.52. The van der Waals surface area contributed by atoms with E-state index in [0.717, 1.165) is 17.8 Å². The van der Waals surface area contributed by atoms with Gasteiger partial charge in [-0.05, 0) is 68.2 Å². The van der Waals surface area contributed by atoms with Crippen LogP contribution in [0.3, 0.4) is 0 Å². The standard InChI is InChI=1S/C16H22BrN/c1-18-16(10-11-3-2-4-14(17)8-11)15-9-12-5-6-13(15)7-12/h2-4,8,12-13,15-16,18H,5-7,9-10H2,1H3. The molecule has 1 N–H and O–H groups in total. The molecule has 1 aromatic rings. The highest BCUT2D eigenvalue weighted by atomic mass is 79.9. The minimum Gasteiger partial charge on any atom is -0.316 e. The molecule has 2 aliphatic carbocycles. The zero-order valence-corrected chi connectivity index (χ0v) is 12.6. The molecule has 18 heavy (non-hydrogen) atoms. The molecule has 0 amide bonds. The number of nitrogens with one attached hydrogen (secondary N) is 1. The van der Waals surface area contributed by atoms with Crippen molar-refractivity contribution in [2.75, 3.05) is 7.05 Å². The van der Waals surface area contributed by atoms with E-state index in [1.807, 2.05) is 0 Å². The Morgan fingerprint density at radius 3 is 2.83 bits per heavy atom. The summed E-state index contributed by atoms with van der Waals surface area (Å²) in [5, 5.41) is 3.58. The van der Waals surface area contributed by atoms with Gasteiger partial charge in [-0.1, -0.05) is 34.5 Å². The van der Waals surface area contributed by atoms with Crippen LogP contribution in [0.2, 0.25) is 0 Å². The Bertz CT molecular complexity index is 417. The normalized spacial score (nSPS) is 31.8. The Morgan fingerprint density at radius 1 is 1.33 bits per heavy atom. The molecule has 0 aliphatic heterocycles. The van der Waals surface area contributed by atoms with Crippen molar-refractivity contribution in [2.24, 2.45) is 17.8 Å². The summed E-state index contributed by atoms with van der Waals surface area (Å²) in [4.78, 5) is 0. The van der Waals surface area contributed by atoms with Gasteiger partial charge in [-0.3, -0.25) is 0 Å². The lowest BCUT2D eigenvalue weighted by Gasteiger charge is -2.30. The fraction of sp³-hybridized carbons (Fsp3) is 0.625. The van der Waals surface area contributed by atoms with Crippen LogP contribution in [0.1, 0.15) is 31.2 Å². The van der Waals surface area contributed by atoms with E-state index in [-0.39, 0.29) is 0 Å². The summed E-state index contributed by atoms with van der Waals surface area (Å²) < 4.78 is 1.20. The highest BCUT2D eigenvalue weighted by Crippen LogP contribution is 2.49. The fourth-order valence-electron chi connectivity index (χ4n) is 4.17. The monoisotopic (exact) mass is 307 g/mol. The Labute approximate surface area is 118 Å². The summed E-state index contributed by atoms with van der Waals surface area (Å²) in [5.74, 6) is 2.95. The first kappa shape index (κ1) is 12.7. The van der Waals surface area contributed by atoms with Crippen LogP contribution >= 0.6 is 15.9 Å². The van der Waals surface area contributed by atoms with Crippen molar-refractivity contribution in [1.82, 2.24) is 5.32 Å². The Hall–Kier alpha value is -0.340. The fourth-order valence-corrected chi connectivity index (χ4v) is 4.62. The van der Waals surface area contributed by atoms with Gasteiger partial charge in [0.15, 0.2) is 0 Å². The maximum absolute atomic E-state index is 3.58. The van der Waals surface area contributed by atoms with Gasteiger partial charge in [0.1, 0.15) is 0 Å². The molecule has 0 aromatic heterocycles. The number of hydrogen-bond donors (Lipinski definition) is 1. The largest absolute Gasteiger partial charge is 0.316 e. The van der Waals surface area contributed by atoms with Crippen LogP contribution in [0, 0.1) is 17.8 Å². The van der Waals surface area contributed by atoms with E-state index >= 15 is 0 Å². The van der Waals surface area contributed by atoms with E-state index in [4.69, 9.17) is 0 Å². The quantitative estimate of drug-likeness (QED) is 0.886. The van der Waals surface area contributed by atoms with E-state index < -0.39 is 0 Å². The van der Waals surface area contributed by atoms with Gasteiger partial charge in [-0.15, -0.1) is 0 Å². The van der Waals surface area contributed by atoms with Gasteiger partial charge >= 0.3 is 0 Å². The van der Waals surface area contributed by atoms with Crippen molar-refractivity contribution in [1.29, 1.82) is 0 Å². The Morgan fingerprint density at radius 2 is 2.22 bits per heavy atom. The third kappa shape index (κ3) is 2.50. The predicted molar refractivity (Wildman–Crippen MR) is 79.6 cm³/mol. The predicted octanol–water partition coefficient (Wildman–Crippen LogP) is 4.02. The molecule has 4 atom stereocenters. The Kier molecular flexibility index (Phi) is 3.76. The van der Waals surface area contributed by atoms with E-state index in [2.05, 4.69) is 52.6 Å². The number of fused-ring (bicyclic) bond motifs is 2. The maximum atomic E-state index is 3.58. The molecule has 4 unspecified atom stereocenters. The molecule has 0 spiro atoms. The van der Waals surface area contributed by atoms with E-state index in [0.29, 0.717) is 6.04 Å². The summed E-state index contributed by atoms with van der Waals surface area (Å²) in [7, 11) is 2.13. The topological polar surface area (TPSA) is 12.0 Å². The van der Waals surface area contributed by atoms with Gasteiger partial charge in [0.25, 0.3) is 0 Å². The molecule has 2 saturated carbocycles. The Balaban J connectivity index is 1.69. The van der Waals surface area contributed by atoms with Crippen molar-refractivity contribution in [3.8, 4) is 0 Å². The molecule has 98 valence electrons. The molecule has 2 bridgehead atoms. The lowest BCUT2D eigenvalue weighted by atomic mass is 9.81. The van der Waals surface area contributed by atoms with E-state index in [1.54, 1.807) is 0 Å². The summed E-state index contributed by atoms with van der Waals surface area (Å²) in [6, 6.07) is 9.43. The molecule has 1 aromatic carbocycles. The first-order valence-electron chi connectivity index (χ1n) is 7.18. The molecule has 3 rings (SSSR count). The van der Waals surface area contributed by atoms with Crippen molar-refractivity contribution in [3.05, 3.63) is 34.3 Å². The first-order chi connectivity index (χ1) is 8.76. The number of rotatable bonds is 4. The zero-order valence-electron chi connectivity index (χ0n) is 11.0. The highest BCUT2D eigenvalue weighted by Gasteiger charge is 2.42. The summed E-state index contributed by atoms with van der Waals surface area (Å²) in [6.45, 7) is 0. The minimum atomic E-state index is 0.662. The second-order valence-corrected chi connectivity index (χ2v) is 6.98. The average molecular weight is 308 g/mol. The number of hydrogen-bond acceptors (Lipinski definition) is 1. The second kappa shape index (κ2) is 5.34. The zero-order chi connectivity index (χ0) is 12.5. The van der Waals surface area contributed by atoms with Crippen LogP contribution in [0.5, 0.6) is 0 Å². The van der Waals surface area contributed by atoms with Crippen LogP contribution in [-0.2, 0) is 6.42 Å². The van der Waals surface area contributed by atoms with Crippen molar-refractivity contribution < 1.29 is 0 Å². The van der Waals surface area contributed by atoms with Crippen molar-refractivity contribution >= 4 is 15.9 Å². The van der Waals surface area contributed by atoms with Crippen LogP contribution in [0.15, 0.2) is 28.7 Å². The van der Waals surface area contributed by atoms with E-state index in [1.165, 1.54) is 42.1 Å². The van der Waals surface area contributed by atoms with E-state index in [9.17, 15) is 0 Å². The SMILES string of the molecule is CNC(Cc1cccc(Br)c1)C1CC2CCC1C2. The van der Waals surface area contributed by atoms with Crippen molar-refractivity contribution in [2.45, 2.75) is 38.1 Å². The summed E-state index contributed by atoms with van der Waals surface area (Å²) >= 11 is 3.57. The number of halogens is 1. The van der Waals surface area contributed by atoms with Gasteiger partial charge in [0.05, 0.1) is 0 Å². The smallest absolute Gasteiger partial charge is 0.0178 e. The second-order valence-electron chi connectivity index (χ2n) is 6.07. The summed E-state index contributed by atoms with van der Waals surface area (Å²) in [6.07, 6.45) is 7.11. The lowest BCUT2D eigenvalue weighted by molar-refractivity contribution is 0.255. The number of likely N-dealkylation sites (N-methyl/N-ethyl adjacent to an activating group) is 1. The van der Waals surface area contributed by atoms with Crippen LogP contribution in [0.4, 0.5) is 0 Å². The highest BCUT2D eigenvalue weighted by molar-refractivity contribution is 9.10. The van der Waals surface area contributed by atoms with Crippen molar-refractivity contribution in [3.63, 3.8) is 0 Å². The van der Waals surface area contributed by atoms with Crippen LogP contribution in [-0.4, -0.2) is 13.1 Å². The molecule has 0 heterocycles.